The van der Waals surface area contributed by atoms with Crippen LogP contribution >= 0.6 is 12.4 Å². The first-order valence-electron chi connectivity index (χ1n) is 11.8. The molecule has 1 aliphatic carbocycles. The van der Waals surface area contributed by atoms with E-state index in [1.807, 2.05) is 6.92 Å². The van der Waals surface area contributed by atoms with Gasteiger partial charge in [0.1, 0.15) is 0 Å². The fraction of sp³-hybridized carbons (Fsp3) is 0.542. The average Bonchev–Trinajstić information content (AvgIpc) is 3.52. The van der Waals surface area contributed by atoms with Crippen LogP contribution in [0, 0.1) is 5.92 Å². The molecule has 1 aromatic heterocycles. The maximum atomic E-state index is 13.4. The van der Waals surface area contributed by atoms with Crippen LogP contribution in [0.1, 0.15) is 55.9 Å². The summed E-state index contributed by atoms with van der Waals surface area (Å²) in [5.41, 5.74) is 6.58. The number of carbonyl (C=O) groups is 2. The Morgan fingerprint density at radius 2 is 1.97 bits per heavy atom. The first-order chi connectivity index (χ1) is 17.1. The number of halogens is 3. The van der Waals surface area contributed by atoms with Crippen molar-refractivity contribution in [2.75, 3.05) is 26.2 Å². The summed E-state index contributed by atoms with van der Waals surface area (Å²) in [6.07, 6.45) is 2.06. The molecule has 2 atom stereocenters. The number of hydrogen-bond acceptors (Lipinski definition) is 9. The molecule has 1 amide bonds. The van der Waals surface area contributed by atoms with Gasteiger partial charge >= 0.3 is 12.6 Å². The summed E-state index contributed by atoms with van der Waals surface area (Å²) < 4.78 is 42.0. The standard InChI is InChI=1S/C24H30F2N4O6.ClH/c1-13-11-29(36-15(3)31)8-9-30(13)23(32)20-21(14(2)27)35-22(28-20)17-6-7-18(34-24(25)26)19(10-17)33-12-16-4-5-16;/h6-7,10,13-14,16,24H,4-5,8-9,11-12,27H2,1-3H3;1H/t13?,14-;/m0./s1. The monoisotopic (exact) mass is 544 g/mol. The molecule has 2 aromatic rings. The molecule has 204 valence electrons. The van der Waals surface area contributed by atoms with E-state index in [1.165, 1.54) is 30.2 Å². The zero-order chi connectivity index (χ0) is 26.0. The number of nitrogens with zero attached hydrogens (tertiary/aromatic N) is 3. The van der Waals surface area contributed by atoms with Gasteiger partial charge in [0.25, 0.3) is 5.91 Å². The van der Waals surface area contributed by atoms with Crippen molar-refractivity contribution < 1.29 is 37.1 Å². The van der Waals surface area contributed by atoms with Crippen molar-refractivity contribution in [2.45, 2.75) is 52.3 Å². The predicted octanol–water partition coefficient (Wildman–Crippen LogP) is 3.80. The van der Waals surface area contributed by atoms with Crippen molar-refractivity contribution in [1.82, 2.24) is 14.9 Å². The fourth-order valence-electron chi connectivity index (χ4n) is 3.98. The van der Waals surface area contributed by atoms with Gasteiger partial charge in [-0.05, 0) is 50.8 Å². The highest BCUT2D eigenvalue weighted by molar-refractivity contribution is 5.94. The number of oxazole rings is 1. The van der Waals surface area contributed by atoms with Crippen LogP contribution in [0.3, 0.4) is 0 Å². The van der Waals surface area contributed by atoms with Gasteiger partial charge in [-0.25, -0.2) is 4.98 Å². The lowest BCUT2D eigenvalue weighted by molar-refractivity contribution is -0.197. The molecule has 0 radical (unpaired) electrons. The van der Waals surface area contributed by atoms with Gasteiger partial charge in [0.05, 0.1) is 25.7 Å². The van der Waals surface area contributed by atoms with Gasteiger partial charge < -0.3 is 29.4 Å². The first-order valence-corrected chi connectivity index (χ1v) is 11.8. The Balaban J connectivity index is 0.00000380. The highest BCUT2D eigenvalue weighted by Crippen LogP contribution is 2.37. The van der Waals surface area contributed by atoms with Crippen LogP contribution in [-0.2, 0) is 9.63 Å². The molecule has 2 fully saturated rings. The molecule has 13 heteroatoms. The Hall–Kier alpha value is -2.96. The molecule has 37 heavy (non-hydrogen) atoms. The Kier molecular flexibility index (Phi) is 9.32. The van der Waals surface area contributed by atoms with Gasteiger partial charge in [0, 0.05) is 25.1 Å². The van der Waals surface area contributed by atoms with Crippen molar-refractivity contribution in [3.8, 4) is 23.0 Å². The highest BCUT2D eigenvalue weighted by Gasteiger charge is 2.34. The van der Waals surface area contributed by atoms with Crippen LogP contribution in [0.25, 0.3) is 11.5 Å². The molecule has 1 saturated heterocycles. The number of carbonyl (C=O) groups excluding carboxylic acids is 2. The van der Waals surface area contributed by atoms with Crippen molar-refractivity contribution in [3.63, 3.8) is 0 Å². The number of alkyl halides is 2. The zero-order valence-corrected chi connectivity index (χ0v) is 21.6. The van der Waals surface area contributed by atoms with Crippen molar-refractivity contribution in [2.24, 2.45) is 11.7 Å². The third-order valence-electron chi connectivity index (χ3n) is 5.96. The van der Waals surface area contributed by atoms with Crippen LogP contribution in [0.4, 0.5) is 8.78 Å². The van der Waals surface area contributed by atoms with Gasteiger partial charge in [0.2, 0.25) is 5.89 Å². The zero-order valence-electron chi connectivity index (χ0n) is 20.8. The van der Waals surface area contributed by atoms with E-state index in [2.05, 4.69) is 9.72 Å². The van der Waals surface area contributed by atoms with Crippen molar-refractivity contribution in [1.29, 1.82) is 0 Å². The summed E-state index contributed by atoms with van der Waals surface area (Å²) in [7, 11) is 0. The third-order valence-corrected chi connectivity index (χ3v) is 5.96. The fourth-order valence-corrected chi connectivity index (χ4v) is 3.98. The summed E-state index contributed by atoms with van der Waals surface area (Å²) >= 11 is 0. The van der Waals surface area contributed by atoms with Crippen LogP contribution in [-0.4, -0.2) is 65.7 Å². The minimum absolute atomic E-state index is 0. The van der Waals surface area contributed by atoms with Crippen LogP contribution in [0.5, 0.6) is 11.5 Å². The summed E-state index contributed by atoms with van der Waals surface area (Å²) in [5, 5.41) is 1.52. The molecule has 0 spiro atoms. The van der Waals surface area contributed by atoms with Crippen LogP contribution in [0.15, 0.2) is 22.6 Å². The molecule has 10 nitrogen and oxygen atoms in total. The van der Waals surface area contributed by atoms with E-state index in [1.54, 1.807) is 11.8 Å². The maximum absolute atomic E-state index is 13.4. The van der Waals surface area contributed by atoms with E-state index in [-0.39, 0.29) is 53.2 Å². The normalized spacial score (nSPS) is 18.8. The maximum Gasteiger partial charge on any atom is 0.387 e. The van der Waals surface area contributed by atoms with Gasteiger partial charge in [-0.2, -0.15) is 8.78 Å². The van der Waals surface area contributed by atoms with Crippen LogP contribution in [0.2, 0.25) is 0 Å². The van der Waals surface area contributed by atoms with E-state index < -0.39 is 18.6 Å². The average molecular weight is 545 g/mol. The summed E-state index contributed by atoms with van der Waals surface area (Å²) in [6, 6.07) is 3.48. The van der Waals surface area contributed by atoms with E-state index in [0.717, 1.165) is 12.8 Å². The number of hydroxylamine groups is 2. The summed E-state index contributed by atoms with van der Waals surface area (Å²) in [4.78, 5) is 35.9. The van der Waals surface area contributed by atoms with Crippen molar-refractivity contribution >= 4 is 24.3 Å². The first kappa shape index (κ1) is 28.6. The molecular weight excluding hydrogens is 514 g/mol. The number of piperazine rings is 1. The minimum Gasteiger partial charge on any atom is -0.489 e. The topological polar surface area (TPSA) is 120 Å². The Bertz CT molecular complexity index is 1110. The number of nitrogens with two attached hydrogens (primary N) is 1. The largest absolute Gasteiger partial charge is 0.489 e. The number of rotatable bonds is 9. The number of hydrogen-bond donors (Lipinski definition) is 1. The molecule has 4 rings (SSSR count). The SMILES string of the molecule is CC(=O)ON1CCN(C(=O)c2nc(-c3ccc(OC(F)F)c(OCC4CC4)c3)oc2[C@H](C)N)C(C)C1.Cl. The second-order valence-electron chi connectivity index (χ2n) is 9.13. The quantitative estimate of drug-likeness (QED) is 0.502. The Morgan fingerprint density at radius 3 is 2.57 bits per heavy atom. The molecule has 1 aromatic carbocycles. The number of aromatic nitrogens is 1. The van der Waals surface area contributed by atoms with Crippen molar-refractivity contribution in [3.05, 3.63) is 29.7 Å². The number of ether oxygens (including phenoxy) is 2. The van der Waals surface area contributed by atoms with E-state index in [0.29, 0.717) is 37.7 Å². The summed E-state index contributed by atoms with van der Waals surface area (Å²) in [6.45, 7) is 3.23. The van der Waals surface area contributed by atoms with E-state index in [4.69, 9.17) is 19.7 Å². The minimum atomic E-state index is -3.00. The smallest absolute Gasteiger partial charge is 0.387 e. The number of benzene rings is 1. The Morgan fingerprint density at radius 1 is 1.24 bits per heavy atom. The molecule has 1 saturated carbocycles. The highest BCUT2D eigenvalue weighted by atomic mass is 35.5. The Labute approximate surface area is 219 Å². The van der Waals surface area contributed by atoms with Gasteiger partial charge in [0.15, 0.2) is 23.0 Å². The second-order valence-corrected chi connectivity index (χ2v) is 9.13. The summed E-state index contributed by atoms with van der Waals surface area (Å²) in [5.74, 6) is -0.0304. The van der Waals surface area contributed by atoms with Gasteiger partial charge in [-0.3, -0.25) is 9.59 Å². The lowest BCUT2D eigenvalue weighted by Crippen LogP contribution is -2.54. The van der Waals surface area contributed by atoms with Crippen LogP contribution < -0.4 is 15.2 Å². The molecule has 2 aliphatic rings. The molecule has 0 bridgehead atoms. The molecule has 1 unspecified atom stereocenters. The lowest BCUT2D eigenvalue weighted by atomic mass is 10.1. The van der Waals surface area contributed by atoms with E-state index >= 15 is 0 Å². The molecule has 1 aliphatic heterocycles. The molecule has 2 N–H and O–H groups in total. The molecular formula is C24H31ClF2N4O6. The predicted molar refractivity (Wildman–Crippen MR) is 130 cm³/mol. The van der Waals surface area contributed by atoms with Gasteiger partial charge in [-0.15, -0.1) is 17.5 Å². The second kappa shape index (κ2) is 12.1. The lowest BCUT2D eigenvalue weighted by Gasteiger charge is -2.38. The molecule has 2 heterocycles. The van der Waals surface area contributed by atoms with E-state index in [9.17, 15) is 18.4 Å². The number of amides is 1. The third kappa shape index (κ3) is 7.08. The van der Waals surface area contributed by atoms with Gasteiger partial charge in [-0.1, -0.05) is 0 Å².